The van der Waals surface area contributed by atoms with Crippen molar-refractivity contribution in [1.82, 2.24) is 19.8 Å². The number of imidazole rings is 1. The third-order valence-corrected chi connectivity index (χ3v) is 5.10. The largest absolute Gasteiger partial charge is 0.493 e. The van der Waals surface area contributed by atoms with Crippen LogP contribution < -0.4 is 9.47 Å². The first-order valence-corrected chi connectivity index (χ1v) is 10.8. The van der Waals surface area contributed by atoms with E-state index in [1.54, 1.807) is 7.11 Å². The first-order chi connectivity index (χ1) is 15.4. The van der Waals surface area contributed by atoms with Crippen molar-refractivity contribution < 1.29 is 14.6 Å². The van der Waals surface area contributed by atoms with Crippen molar-refractivity contribution in [3.05, 3.63) is 77.4 Å². The predicted molar refractivity (Wildman–Crippen MR) is 126 cm³/mol. The van der Waals surface area contributed by atoms with E-state index in [1.165, 1.54) is 5.56 Å². The molecule has 3 aromatic rings. The number of benzene rings is 2. The number of aryl methyl sites for hydroxylation is 1. The van der Waals surface area contributed by atoms with Gasteiger partial charge in [0, 0.05) is 31.5 Å². The molecule has 1 heterocycles. The Labute approximate surface area is 190 Å². The lowest BCUT2D eigenvalue weighted by atomic mass is 10.2. The number of aromatic nitrogens is 2. The van der Waals surface area contributed by atoms with Crippen LogP contribution in [0.3, 0.4) is 0 Å². The third kappa shape index (κ3) is 7.37. The Morgan fingerprint density at radius 2 is 1.72 bits per heavy atom. The Bertz CT molecular complexity index is 961. The molecule has 0 spiro atoms. The average molecular weight is 439 g/mol. The molecule has 1 aromatic heterocycles. The lowest BCUT2D eigenvalue weighted by molar-refractivity contribution is 0.0732. The van der Waals surface area contributed by atoms with Crippen LogP contribution in [0, 0.1) is 6.92 Å². The fraction of sp³-hybridized carbons (Fsp3) is 0.400. The predicted octanol–water partition coefficient (Wildman–Crippen LogP) is 3.23. The maximum Gasteiger partial charge on any atom is 0.161 e. The molecule has 32 heavy (non-hydrogen) atoms. The summed E-state index contributed by atoms with van der Waals surface area (Å²) >= 11 is 0. The number of hydrogen-bond donors (Lipinski definition) is 2. The van der Waals surface area contributed by atoms with Gasteiger partial charge < -0.3 is 19.6 Å². The maximum atomic E-state index is 10.5. The van der Waals surface area contributed by atoms with E-state index in [0.29, 0.717) is 18.0 Å². The first kappa shape index (κ1) is 23.8. The highest BCUT2D eigenvalue weighted by Gasteiger charge is 2.13. The number of hydrogen-bond acceptors (Lipinski definition) is 6. The number of ether oxygens (including phenoxy) is 2. The third-order valence-electron chi connectivity index (χ3n) is 5.10. The van der Waals surface area contributed by atoms with E-state index < -0.39 is 6.10 Å². The summed E-state index contributed by atoms with van der Waals surface area (Å²) in [4.78, 5) is 11.9. The lowest BCUT2D eigenvalue weighted by Gasteiger charge is -2.22. The number of aliphatic hydroxyl groups is 1. The van der Waals surface area contributed by atoms with Crippen LogP contribution in [0.1, 0.15) is 22.6 Å². The Morgan fingerprint density at radius 1 is 0.969 bits per heavy atom. The van der Waals surface area contributed by atoms with Crippen LogP contribution in [0.2, 0.25) is 0 Å². The molecule has 2 aromatic carbocycles. The number of aliphatic hydroxyl groups excluding tert-OH is 1. The molecule has 172 valence electrons. The monoisotopic (exact) mass is 438 g/mol. The second kappa shape index (κ2) is 11.7. The van der Waals surface area contributed by atoms with Gasteiger partial charge in [0.05, 0.1) is 13.7 Å². The summed E-state index contributed by atoms with van der Waals surface area (Å²) < 4.78 is 11.4. The SMILES string of the molecule is COc1ccc(CN(C)Cc2ncc(C)[nH]2)cc1OCC(O)CN(C)Cc1ccccc1. The molecule has 0 radical (unpaired) electrons. The summed E-state index contributed by atoms with van der Waals surface area (Å²) in [5, 5.41) is 10.5. The molecule has 0 saturated heterocycles. The van der Waals surface area contributed by atoms with E-state index in [1.807, 2.05) is 56.6 Å². The zero-order chi connectivity index (χ0) is 22.9. The van der Waals surface area contributed by atoms with Gasteiger partial charge in [-0.1, -0.05) is 36.4 Å². The Balaban J connectivity index is 1.53. The number of likely N-dealkylation sites (N-methyl/N-ethyl adjacent to an activating group) is 1. The van der Waals surface area contributed by atoms with E-state index >= 15 is 0 Å². The molecule has 0 amide bonds. The van der Waals surface area contributed by atoms with Crippen molar-refractivity contribution in [2.75, 3.05) is 34.4 Å². The summed E-state index contributed by atoms with van der Waals surface area (Å²) in [7, 11) is 5.67. The van der Waals surface area contributed by atoms with Gasteiger partial charge in [-0.15, -0.1) is 0 Å². The van der Waals surface area contributed by atoms with Crippen LogP contribution in [0.15, 0.2) is 54.7 Å². The van der Waals surface area contributed by atoms with Gasteiger partial charge in [-0.25, -0.2) is 4.98 Å². The van der Waals surface area contributed by atoms with Gasteiger partial charge in [0.2, 0.25) is 0 Å². The molecule has 1 unspecified atom stereocenters. The molecule has 2 N–H and O–H groups in total. The van der Waals surface area contributed by atoms with E-state index in [9.17, 15) is 5.11 Å². The summed E-state index contributed by atoms with van der Waals surface area (Å²) in [6, 6.07) is 16.1. The number of nitrogens with zero attached hydrogens (tertiary/aromatic N) is 3. The number of methoxy groups -OCH3 is 1. The minimum absolute atomic E-state index is 0.195. The second-order valence-electron chi connectivity index (χ2n) is 8.32. The van der Waals surface area contributed by atoms with Gasteiger partial charge in [0.15, 0.2) is 11.5 Å². The number of nitrogens with one attached hydrogen (secondary N) is 1. The van der Waals surface area contributed by atoms with Gasteiger partial charge in [-0.2, -0.15) is 0 Å². The number of rotatable bonds is 12. The quantitative estimate of drug-likeness (QED) is 0.452. The molecule has 0 aliphatic heterocycles. The van der Waals surface area contributed by atoms with Crippen LogP contribution in [-0.4, -0.2) is 65.3 Å². The molecule has 0 fully saturated rings. The van der Waals surface area contributed by atoms with E-state index in [4.69, 9.17) is 9.47 Å². The van der Waals surface area contributed by atoms with Crippen LogP contribution in [0.5, 0.6) is 11.5 Å². The smallest absolute Gasteiger partial charge is 0.161 e. The molecule has 0 aliphatic carbocycles. The Kier molecular flexibility index (Phi) is 8.67. The van der Waals surface area contributed by atoms with Crippen molar-refractivity contribution in [3.8, 4) is 11.5 Å². The highest BCUT2D eigenvalue weighted by Crippen LogP contribution is 2.28. The molecule has 0 saturated carbocycles. The summed E-state index contributed by atoms with van der Waals surface area (Å²) in [5.74, 6) is 2.23. The Morgan fingerprint density at radius 3 is 2.41 bits per heavy atom. The fourth-order valence-corrected chi connectivity index (χ4v) is 3.66. The van der Waals surface area contributed by atoms with Crippen molar-refractivity contribution >= 4 is 0 Å². The minimum atomic E-state index is -0.609. The number of aromatic amines is 1. The first-order valence-electron chi connectivity index (χ1n) is 10.8. The van der Waals surface area contributed by atoms with Gasteiger partial charge in [-0.3, -0.25) is 9.80 Å². The van der Waals surface area contributed by atoms with Crippen molar-refractivity contribution in [2.24, 2.45) is 0 Å². The van der Waals surface area contributed by atoms with Crippen molar-refractivity contribution in [2.45, 2.75) is 32.7 Å². The molecule has 7 heteroatoms. The van der Waals surface area contributed by atoms with Crippen LogP contribution >= 0.6 is 0 Å². The molecule has 1 atom stereocenters. The summed E-state index contributed by atoms with van der Waals surface area (Å²) in [6.45, 7) is 4.95. The van der Waals surface area contributed by atoms with Crippen LogP contribution in [0.25, 0.3) is 0 Å². The van der Waals surface area contributed by atoms with E-state index in [-0.39, 0.29) is 6.61 Å². The second-order valence-corrected chi connectivity index (χ2v) is 8.32. The zero-order valence-electron chi connectivity index (χ0n) is 19.4. The summed E-state index contributed by atoms with van der Waals surface area (Å²) in [6.07, 6.45) is 1.23. The van der Waals surface area contributed by atoms with E-state index in [2.05, 4.69) is 38.9 Å². The van der Waals surface area contributed by atoms with Gasteiger partial charge in [0.25, 0.3) is 0 Å². The maximum absolute atomic E-state index is 10.5. The normalized spacial score (nSPS) is 12.3. The standard InChI is InChI=1S/C25H34N4O3/c1-19-13-26-25(27-19)17-29(3)15-21-10-11-23(31-4)24(12-21)32-18-22(30)16-28(2)14-20-8-6-5-7-9-20/h5-13,22,30H,14-18H2,1-4H3,(H,26,27). The van der Waals surface area contributed by atoms with Crippen LogP contribution in [0.4, 0.5) is 0 Å². The number of H-pyrrole nitrogens is 1. The van der Waals surface area contributed by atoms with Gasteiger partial charge >= 0.3 is 0 Å². The lowest BCUT2D eigenvalue weighted by Crippen LogP contribution is -2.32. The van der Waals surface area contributed by atoms with Gasteiger partial charge in [0.1, 0.15) is 18.5 Å². The molecule has 0 aliphatic rings. The Hall–Kier alpha value is -2.87. The van der Waals surface area contributed by atoms with Crippen molar-refractivity contribution in [3.63, 3.8) is 0 Å². The minimum Gasteiger partial charge on any atom is -0.493 e. The molecule has 0 bridgehead atoms. The fourth-order valence-electron chi connectivity index (χ4n) is 3.66. The topological polar surface area (TPSA) is 73.8 Å². The van der Waals surface area contributed by atoms with Crippen molar-refractivity contribution in [1.29, 1.82) is 0 Å². The highest BCUT2D eigenvalue weighted by atomic mass is 16.5. The summed E-state index contributed by atoms with van der Waals surface area (Å²) in [5.41, 5.74) is 3.37. The molecular formula is C25H34N4O3. The highest BCUT2D eigenvalue weighted by molar-refractivity contribution is 5.43. The average Bonchev–Trinajstić information content (AvgIpc) is 3.17. The zero-order valence-corrected chi connectivity index (χ0v) is 19.4. The van der Waals surface area contributed by atoms with Crippen LogP contribution in [-0.2, 0) is 19.6 Å². The molecule has 7 nitrogen and oxygen atoms in total. The molecular weight excluding hydrogens is 404 g/mol. The molecule has 3 rings (SSSR count). The van der Waals surface area contributed by atoms with Gasteiger partial charge in [-0.05, 0) is 44.3 Å². The van der Waals surface area contributed by atoms with E-state index in [0.717, 1.165) is 36.7 Å².